The molecule has 0 bridgehead atoms. The predicted octanol–water partition coefficient (Wildman–Crippen LogP) is -0.121. The van der Waals surface area contributed by atoms with Crippen LogP contribution in [-0.2, 0) is 11.4 Å². The van der Waals surface area contributed by atoms with Crippen LogP contribution in [0, 0.1) is 18.3 Å². The maximum Gasteiger partial charge on any atom is 0.171 e. The predicted molar refractivity (Wildman–Crippen MR) is 71.3 cm³/mol. The van der Waals surface area contributed by atoms with Gasteiger partial charge in [-0.1, -0.05) is 0 Å². The van der Waals surface area contributed by atoms with Gasteiger partial charge in [-0.05, 0) is 38.4 Å². The van der Waals surface area contributed by atoms with Crippen LogP contribution in [0.2, 0.25) is 0 Å². The van der Waals surface area contributed by atoms with E-state index in [-0.39, 0.29) is 12.1 Å². The first-order chi connectivity index (χ1) is 9.69. The van der Waals surface area contributed by atoms with Crippen LogP contribution in [-0.4, -0.2) is 57.4 Å². The average molecular weight is 279 g/mol. The van der Waals surface area contributed by atoms with Crippen molar-refractivity contribution >= 4 is 0 Å². The van der Waals surface area contributed by atoms with E-state index >= 15 is 0 Å². The first kappa shape index (κ1) is 14.8. The Kier molecular flexibility index (Phi) is 5.40. The van der Waals surface area contributed by atoms with Crippen LogP contribution in [0.4, 0.5) is 0 Å². The summed E-state index contributed by atoms with van der Waals surface area (Å²) in [4.78, 5) is 9.11. The van der Waals surface area contributed by atoms with Crippen molar-refractivity contribution in [1.29, 1.82) is 5.26 Å². The first-order valence-corrected chi connectivity index (χ1v) is 6.90. The number of aromatic nitrogens is 4. The van der Waals surface area contributed by atoms with Gasteiger partial charge < -0.3 is 4.84 Å². The molecule has 0 radical (unpaired) electrons. The molecule has 0 saturated carbocycles. The molecule has 0 aromatic carbocycles. The standard InChI is InChI=1S/C12H21N7O/c1-10-14-17-19(15-10)6-3-7-20-16-11-4-5-12(8-13)18(2)9-11/h11-12,16H,3-7,9H2,1-2H3/t11-,12+/m1/s1. The van der Waals surface area contributed by atoms with Gasteiger partial charge >= 0.3 is 0 Å². The lowest BCUT2D eigenvalue weighted by atomic mass is 10.0. The zero-order valence-electron chi connectivity index (χ0n) is 12.0. The van der Waals surface area contributed by atoms with Gasteiger partial charge in [0, 0.05) is 12.6 Å². The number of likely N-dealkylation sites (N-methyl/N-ethyl adjacent to an activating group) is 1. The number of hydrogen-bond donors (Lipinski definition) is 1. The highest BCUT2D eigenvalue weighted by atomic mass is 16.6. The van der Waals surface area contributed by atoms with Gasteiger partial charge in [-0.25, -0.2) is 0 Å². The smallest absolute Gasteiger partial charge is 0.171 e. The Morgan fingerprint density at radius 2 is 2.35 bits per heavy atom. The van der Waals surface area contributed by atoms with Crippen molar-refractivity contribution in [2.45, 2.75) is 44.8 Å². The molecule has 0 aliphatic carbocycles. The van der Waals surface area contributed by atoms with Gasteiger partial charge in [-0.2, -0.15) is 15.5 Å². The van der Waals surface area contributed by atoms with Gasteiger partial charge in [0.15, 0.2) is 5.82 Å². The molecule has 1 aromatic rings. The van der Waals surface area contributed by atoms with Crippen molar-refractivity contribution in [3.05, 3.63) is 5.82 Å². The van der Waals surface area contributed by atoms with Gasteiger partial charge in [0.1, 0.15) is 0 Å². The molecule has 8 nitrogen and oxygen atoms in total. The highest BCUT2D eigenvalue weighted by molar-refractivity contribution is 4.95. The zero-order chi connectivity index (χ0) is 14.4. The number of nitriles is 1. The molecule has 1 fully saturated rings. The summed E-state index contributed by atoms with van der Waals surface area (Å²) in [5, 5.41) is 20.7. The Bertz CT molecular complexity index is 455. The molecule has 1 aliphatic heterocycles. The van der Waals surface area contributed by atoms with E-state index in [0.717, 1.165) is 25.8 Å². The van der Waals surface area contributed by atoms with E-state index < -0.39 is 0 Å². The van der Waals surface area contributed by atoms with E-state index in [0.29, 0.717) is 19.0 Å². The molecule has 1 aromatic heterocycles. The lowest BCUT2D eigenvalue weighted by Gasteiger charge is -2.33. The summed E-state index contributed by atoms with van der Waals surface area (Å²) in [6, 6.07) is 2.63. The van der Waals surface area contributed by atoms with E-state index in [9.17, 15) is 0 Å². The fraction of sp³-hybridized carbons (Fsp3) is 0.833. The molecule has 110 valence electrons. The summed E-state index contributed by atoms with van der Waals surface area (Å²) < 4.78 is 0. The van der Waals surface area contributed by atoms with E-state index in [1.54, 1.807) is 4.80 Å². The number of piperidine rings is 1. The third-order valence-corrected chi connectivity index (χ3v) is 3.39. The number of rotatable bonds is 6. The fourth-order valence-electron chi connectivity index (χ4n) is 2.28. The van der Waals surface area contributed by atoms with Crippen LogP contribution in [0.1, 0.15) is 25.1 Å². The molecule has 0 unspecified atom stereocenters. The summed E-state index contributed by atoms with van der Waals surface area (Å²) in [6.07, 6.45) is 2.68. The lowest BCUT2D eigenvalue weighted by Crippen LogP contribution is -2.48. The second-order valence-corrected chi connectivity index (χ2v) is 5.11. The Labute approximate surface area is 118 Å². The second-order valence-electron chi connectivity index (χ2n) is 5.11. The molecular weight excluding hydrogens is 258 g/mol. The third-order valence-electron chi connectivity index (χ3n) is 3.39. The maximum atomic E-state index is 8.94. The molecule has 2 heterocycles. The minimum Gasteiger partial charge on any atom is -0.301 e. The Morgan fingerprint density at radius 1 is 1.50 bits per heavy atom. The molecule has 0 amide bonds. The van der Waals surface area contributed by atoms with Gasteiger partial charge in [-0.3, -0.25) is 4.90 Å². The number of likely N-dealkylation sites (tertiary alicyclic amines) is 1. The summed E-state index contributed by atoms with van der Waals surface area (Å²) in [7, 11) is 1.97. The summed E-state index contributed by atoms with van der Waals surface area (Å²) >= 11 is 0. The molecule has 2 rings (SSSR count). The molecule has 1 aliphatic rings. The summed E-state index contributed by atoms with van der Waals surface area (Å²) in [6.45, 7) is 3.95. The van der Waals surface area contributed by atoms with E-state index in [2.05, 4.69) is 31.9 Å². The molecule has 1 saturated heterocycles. The highest BCUT2D eigenvalue weighted by Crippen LogP contribution is 2.14. The average Bonchev–Trinajstić information content (AvgIpc) is 2.84. The van der Waals surface area contributed by atoms with Crippen LogP contribution >= 0.6 is 0 Å². The topological polar surface area (TPSA) is 91.9 Å². The van der Waals surface area contributed by atoms with Gasteiger partial charge in [-0.15, -0.1) is 10.2 Å². The monoisotopic (exact) mass is 279 g/mol. The van der Waals surface area contributed by atoms with Crippen LogP contribution in [0.25, 0.3) is 0 Å². The van der Waals surface area contributed by atoms with E-state index in [4.69, 9.17) is 10.1 Å². The van der Waals surface area contributed by atoms with E-state index in [1.165, 1.54) is 0 Å². The number of hydrogen-bond acceptors (Lipinski definition) is 7. The number of hydroxylamine groups is 1. The van der Waals surface area contributed by atoms with Crippen LogP contribution in [0.5, 0.6) is 0 Å². The first-order valence-electron chi connectivity index (χ1n) is 6.90. The Balaban J connectivity index is 1.56. The molecule has 1 N–H and O–H groups in total. The largest absolute Gasteiger partial charge is 0.301 e. The van der Waals surface area contributed by atoms with Crippen molar-refractivity contribution in [3.8, 4) is 6.07 Å². The number of nitrogens with one attached hydrogen (secondary N) is 1. The van der Waals surface area contributed by atoms with Crippen molar-refractivity contribution in [2.24, 2.45) is 0 Å². The Hall–Kier alpha value is -1.56. The Morgan fingerprint density at radius 3 is 3.00 bits per heavy atom. The fourth-order valence-corrected chi connectivity index (χ4v) is 2.28. The lowest BCUT2D eigenvalue weighted by molar-refractivity contribution is -0.00801. The van der Waals surface area contributed by atoms with Crippen LogP contribution in [0.3, 0.4) is 0 Å². The van der Waals surface area contributed by atoms with Gasteiger partial charge in [0.05, 0.1) is 25.3 Å². The van der Waals surface area contributed by atoms with Gasteiger partial charge in [0.25, 0.3) is 0 Å². The number of nitrogens with zero attached hydrogens (tertiary/aromatic N) is 6. The van der Waals surface area contributed by atoms with Crippen LogP contribution < -0.4 is 5.48 Å². The van der Waals surface area contributed by atoms with Gasteiger partial charge in [0.2, 0.25) is 0 Å². The molecule has 2 atom stereocenters. The quantitative estimate of drug-likeness (QED) is 0.573. The molecular formula is C12H21N7O. The van der Waals surface area contributed by atoms with E-state index in [1.807, 2.05) is 14.0 Å². The minimum absolute atomic E-state index is 0.0367. The maximum absolute atomic E-state index is 8.94. The SMILES string of the molecule is Cc1nnn(CCCON[C@@H]2CC[C@@H](C#N)N(C)C2)n1. The van der Waals surface area contributed by atoms with Crippen molar-refractivity contribution in [3.63, 3.8) is 0 Å². The van der Waals surface area contributed by atoms with Crippen molar-refractivity contribution in [2.75, 3.05) is 20.2 Å². The third kappa shape index (κ3) is 4.23. The summed E-state index contributed by atoms with van der Waals surface area (Å²) in [5.41, 5.74) is 3.07. The zero-order valence-corrected chi connectivity index (χ0v) is 12.0. The number of aryl methyl sites for hydroxylation is 2. The number of tetrazole rings is 1. The van der Waals surface area contributed by atoms with Crippen LogP contribution in [0.15, 0.2) is 0 Å². The minimum atomic E-state index is 0.0367. The summed E-state index contributed by atoms with van der Waals surface area (Å²) in [5.74, 6) is 0.682. The molecule has 20 heavy (non-hydrogen) atoms. The highest BCUT2D eigenvalue weighted by Gasteiger charge is 2.25. The molecule has 8 heteroatoms. The van der Waals surface area contributed by atoms with Crippen molar-refractivity contribution in [1.82, 2.24) is 30.6 Å². The molecule has 0 spiro atoms. The second kappa shape index (κ2) is 7.28. The van der Waals surface area contributed by atoms with Crippen molar-refractivity contribution < 1.29 is 4.84 Å². The normalized spacial score (nSPS) is 23.6.